The van der Waals surface area contributed by atoms with Gasteiger partial charge in [-0.3, -0.25) is 0 Å². The van der Waals surface area contributed by atoms with Crippen molar-refractivity contribution in [3.05, 3.63) is 0 Å². The summed E-state index contributed by atoms with van der Waals surface area (Å²) in [6, 6.07) is 0. The molecule has 0 saturated carbocycles. The molecule has 1 fully saturated rings. The smallest absolute Gasteiger partial charge is 0.330 e. The summed E-state index contributed by atoms with van der Waals surface area (Å²) in [4.78, 5) is 1.89. The SMILES string of the molecule is CC1CCCN(CC(CN)C(F)(F)F)C1. The van der Waals surface area contributed by atoms with Crippen LogP contribution < -0.4 is 5.73 Å². The highest BCUT2D eigenvalue weighted by molar-refractivity contribution is 4.77. The van der Waals surface area contributed by atoms with Crippen molar-refractivity contribution in [1.82, 2.24) is 4.90 Å². The summed E-state index contributed by atoms with van der Waals surface area (Å²) >= 11 is 0. The first-order chi connectivity index (χ1) is 6.93. The van der Waals surface area contributed by atoms with E-state index in [2.05, 4.69) is 6.92 Å². The molecule has 0 aromatic carbocycles. The molecule has 1 rings (SSSR count). The van der Waals surface area contributed by atoms with Gasteiger partial charge in [-0.05, 0) is 25.3 Å². The zero-order chi connectivity index (χ0) is 11.5. The molecule has 5 heteroatoms. The minimum atomic E-state index is -4.16. The Bertz CT molecular complexity index is 194. The van der Waals surface area contributed by atoms with Gasteiger partial charge in [-0.25, -0.2) is 0 Å². The van der Waals surface area contributed by atoms with Crippen LogP contribution in [-0.2, 0) is 0 Å². The summed E-state index contributed by atoms with van der Waals surface area (Å²) in [6.07, 6.45) is -2.04. The van der Waals surface area contributed by atoms with Crippen molar-refractivity contribution in [2.24, 2.45) is 17.6 Å². The molecular weight excluding hydrogens is 205 g/mol. The van der Waals surface area contributed by atoms with Gasteiger partial charge in [-0.2, -0.15) is 13.2 Å². The second kappa shape index (κ2) is 5.16. The van der Waals surface area contributed by atoms with Gasteiger partial charge in [0.25, 0.3) is 0 Å². The van der Waals surface area contributed by atoms with Gasteiger partial charge in [0.05, 0.1) is 5.92 Å². The number of alkyl halides is 3. The van der Waals surface area contributed by atoms with Crippen molar-refractivity contribution in [3.63, 3.8) is 0 Å². The Balaban J connectivity index is 2.44. The fourth-order valence-corrected chi connectivity index (χ4v) is 2.08. The van der Waals surface area contributed by atoms with Crippen LogP contribution in [0.3, 0.4) is 0 Å². The van der Waals surface area contributed by atoms with E-state index in [-0.39, 0.29) is 13.1 Å². The van der Waals surface area contributed by atoms with Crippen LogP contribution in [0.5, 0.6) is 0 Å². The van der Waals surface area contributed by atoms with E-state index < -0.39 is 12.1 Å². The van der Waals surface area contributed by atoms with Crippen molar-refractivity contribution in [2.75, 3.05) is 26.2 Å². The number of nitrogens with zero attached hydrogens (tertiary/aromatic N) is 1. The predicted octanol–water partition coefficient (Wildman–Crippen LogP) is 1.86. The Morgan fingerprint density at radius 3 is 2.60 bits per heavy atom. The largest absolute Gasteiger partial charge is 0.394 e. The van der Waals surface area contributed by atoms with Crippen molar-refractivity contribution >= 4 is 0 Å². The standard InChI is InChI=1S/C10H19F3N2/c1-8-3-2-4-15(6-8)7-9(5-14)10(11,12)13/h8-9H,2-7,14H2,1H3. The van der Waals surface area contributed by atoms with Gasteiger partial charge in [0.15, 0.2) is 0 Å². The van der Waals surface area contributed by atoms with Crippen LogP contribution in [0.25, 0.3) is 0 Å². The molecule has 0 aromatic heterocycles. The van der Waals surface area contributed by atoms with Gasteiger partial charge in [-0.1, -0.05) is 6.92 Å². The molecular formula is C10H19F3N2. The average Bonchev–Trinajstić information content (AvgIpc) is 2.12. The number of hydrogen-bond donors (Lipinski definition) is 1. The fraction of sp³-hybridized carbons (Fsp3) is 1.00. The molecule has 15 heavy (non-hydrogen) atoms. The van der Waals surface area contributed by atoms with Gasteiger partial charge in [0.1, 0.15) is 0 Å². The molecule has 1 heterocycles. The molecule has 2 unspecified atom stereocenters. The molecule has 0 amide bonds. The van der Waals surface area contributed by atoms with Crippen LogP contribution >= 0.6 is 0 Å². The molecule has 1 aliphatic rings. The van der Waals surface area contributed by atoms with E-state index in [1.165, 1.54) is 0 Å². The molecule has 1 aliphatic heterocycles. The van der Waals surface area contributed by atoms with Gasteiger partial charge < -0.3 is 10.6 Å². The molecule has 90 valence electrons. The lowest BCUT2D eigenvalue weighted by Gasteiger charge is -2.33. The van der Waals surface area contributed by atoms with Crippen LogP contribution in [0.1, 0.15) is 19.8 Å². The van der Waals surface area contributed by atoms with Crippen LogP contribution in [0.2, 0.25) is 0 Å². The Morgan fingerprint density at radius 1 is 1.47 bits per heavy atom. The van der Waals surface area contributed by atoms with Gasteiger partial charge in [0.2, 0.25) is 0 Å². The Hall–Kier alpha value is -0.290. The van der Waals surface area contributed by atoms with E-state index in [0.717, 1.165) is 25.9 Å². The lowest BCUT2D eigenvalue weighted by molar-refractivity contribution is -0.177. The zero-order valence-electron chi connectivity index (χ0n) is 9.06. The molecule has 0 radical (unpaired) electrons. The Labute approximate surface area is 88.6 Å². The summed E-state index contributed by atoms with van der Waals surface area (Å²) in [5.41, 5.74) is 5.16. The lowest BCUT2D eigenvalue weighted by atomic mass is 9.98. The van der Waals surface area contributed by atoms with E-state index in [1.807, 2.05) is 4.90 Å². The third kappa shape index (κ3) is 3.99. The van der Waals surface area contributed by atoms with Gasteiger partial charge in [-0.15, -0.1) is 0 Å². The first kappa shape index (κ1) is 12.8. The van der Waals surface area contributed by atoms with E-state index >= 15 is 0 Å². The quantitative estimate of drug-likeness (QED) is 0.792. The number of rotatable bonds is 3. The van der Waals surface area contributed by atoms with E-state index in [1.54, 1.807) is 0 Å². The summed E-state index contributed by atoms with van der Waals surface area (Å²) in [5.74, 6) is -0.867. The lowest BCUT2D eigenvalue weighted by Crippen LogP contribution is -2.44. The number of hydrogen-bond acceptors (Lipinski definition) is 2. The number of nitrogens with two attached hydrogens (primary N) is 1. The number of likely N-dealkylation sites (tertiary alicyclic amines) is 1. The minimum absolute atomic E-state index is 0.0599. The summed E-state index contributed by atoms with van der Waals surface area (Å²) in [6.45, 7) is 3.37. The Morgan fingerprint density at radius 2 is 2.13 bits per heavy atom. The van der Waals surface area contributed by atoms with Crippen molar-refractivity contribution < 1.29 is 13.2 Å². The first-order valence-electron chi connectivity index (χ1n) is 5.42. The van der Waals surface area contributed by atoms with Crippen LogP contribution in [0.4, 0.5) is 13.2 Å². The molecule has 2 N–H and O–H groups in total. The molecule has 0 aliphatic carbocycles. The topological polar surface area (TPSA) is 29.3 Å². The van der Waals surface area contributed by atoms with E-state index in [0.29, 0.717) is 5.92 Å². The van der Waals surface area contributed by atoms with Crippen LogP contribution in [0, 0.1) is 11.8 Å². The van der Waals surface area contributed by atoms with Crippen LogP contribution in [-0.4, -0.2) is 37.3 Å². The van der Waals surface area contributed by atoms with E-state index in [4.69, 9.17) is 5.73 Å². The van der Waals surface area contributed by atoms with Crippen molar-refractivity contribution in [1.29, 1.82) is 0 Å². The third-order valence-electron chi connectivity index (χ3n) is 2.97. The predicted molar refractivity (Wildman–Crippen MR) is 53.4 cm³/mol. The maximum absolute atomic E-state index is 12.5. The third-order valence-corrected chi connectivity index (χ3v) is 2.97. The second-order valence-corrected chi connectivity index (χ2v) is 4.48. The fourth-order valence-electron chi connectivity index (χ4n) is 2.08. The maximum atomic E-state index is 12.5. The molecule has 1 saturated heterocycles. The van der Waals surface area contributed by atoms with Crippen molar-refractivity contribution in [3.8, 4) is 0 Å². The van der Waals surface area contributed by atoms with Gasteiger partial charge >= 0.3 is 6.18 Å². The van der Waals surface area contributed by atoms with Gasteiger partial charge in [0, 0.05) is 19.6 Å². The Kier molecular flexibility index (Phi) is 4.40. The highest BCUT2D eigenvalue weighted by Crippen LogP contribution is 2.27. The molecule has 0 bridgehead atoms. The van der Waals surface area contributed by atoms with E-state index in [9.17, 15) is 13.2 Å². The van der Waals surface area contributed by atoms with Crippen LogP contribution in [0.15, 0.2) is 0 Å². The normalized spacial score (nSPS) is 26.6. The second-order valence-electron chi connectivity index (χ2n) is 4.48. The number of piperidine rings is 1. The molecule has 0 spiro atoms. The molecule has 0 aromatic rings. The summed E-state index contributed by atoms with van der Waals surface area (Å²) < 4.78 is 37.4. The number of halogens is 3. The monoisotopic (exact) mass is 224 g/mol. The molecule has 2 atom stereocenters. The molecule has 2 nitrogen and oxygen atoms in total. The maximum Gasteiger partial charge on any atom is 0.394 e. The minimum Gasteiger partial charge on any atom is -0.330 e. The highest BCUT2D eigenvalue weighted by Gasteiger charge is 2.39. The summed E-state index contributed by atoms with van der Waals surface area (Å²) in [5, 5.41) is 0. The average molecular weight is 224 g/mol. The summed E-state index contributed by atoms with van der Waals surface area (Å²) in [7, 11) is 0. The van der Waals surface area contributed by atoms with Crippen molar-refractivity contribution in [2.45, 2.75) is 25.9 Å². The highest BCUT2D eigenvalue weighted by atomic mass is 19.4. The first-order valence-corrected chi connectivity index (χ1v) is 5.42. The zero-order valence-corrected chi connectivity index (χ0v) is 9.06.